The topological polar surface area (TPSA) is 30.5 Å². The van der Waals surface area contributed by atoms with Crippen LogP contribution in [0.1, 0.15) is 18.9 Å². The van der Waals surface area contributed by atoms with E-state index in [1.165, 1.54) is 0 Å². The Hall–Kier alpha value is -0.580. The van der Waals surface area contributed by atoms with Crippen molar-refractivity contribution in [3.05, 3.63) is 28.2 Å². The maximum Gasteiger partial charge on any atom is 0.0748 e. The molecule has 1 aliphatic rings. The SMILES string of the molecule is COCc1c(Br)cccc1NC1CCOC1C. The third-order valence-corrected chi connectivity index (χ3v) is 3.87. The van der Waals surface area contributed by atoms with Crippen LogP contribution in [0.2, 0.25) is 0 Å². The molecule has 1 N–H and O–H groups in total. The summed E-state index contributed by atoms with van der Waals surface area (Å²) in [6.45, 7) is 3.55. The molecule has 4 heteroatoms. The molecule has 17 heavy (non-hydrogen) atoms. The number of halogens is 1. The van der Waals surface area contributed by atoms with Gasteiger partial charge in [0.05, 0.1) is 18.8 Å². The quantitative estimate of drug-likeness (QED) is 0.926. The van der Waals surface area contributed by atoms with Gasteiger partial charge in [-0.05, 0) is 25.5 Å². The summed E-state index contributed by atoms with van der Waals surface area (Å²) >= 11 is 3.56. The molecule has 0 spiro atoms. The summed E-state index contributed by atoms with van der Waals surface area (Å²) in [7, 11) is 1.71. The number of benzene rings is 1. The Morgan fingerprint density at radius 1 is 1.53 bits per heavy atom. The molecule has 94 valence electrons. The van der Waals surface area contributed by atoms with Crippen LogP contribution in [-0.2, 0) is 16.1 Å². The second-order valence-corrected chi connectivity index (χ2v) is 5.17. The Balaban J connectivity index is 2.16. The lowest BCUT2D eigenvalue weighted by Gasteiger charge is -2.20. The van der Waals surface area contributed by atoms with Crippen LogP contribution < -0.4 is 5.32 Å². The zero-order valence-corrected chi connectivity index (χ0v) is 11.8. The van der Waals surface area contributed by atoms with Crippen LogP contribution in [0.3, 0.4) is 0 Å². The van der Waals surface area contributed by atoms with Crippen LogP contribution >= 0.6 is 15.9 Å². The summed E-state index contributed by atoms with van der Waals surface area (Å²) in [5.41, 5.74) is 2.29. The van der Waals surface area contributed by atoms with Crippen LogP contribution in [0, 0.1) is 0 Å². The van der Waals surface area contributed by atoms with E-state index >= 15 is 0 Å². The van der Waals surface area contributed by atoms with Crippen molar-refractivity contribution in [1.29, 1.82) is 0 Å². The lowest BCUT2D eigenvalue weighted by atomic mass is 10.1. The summed E-state index contributed by atoms with van der Waals surface area (Å²) in [5, 5.41) is 3.55. The summed E-state index contributed by atoms with van der Waals surface area (Å²) in [6.07, 6.45) is 1.32. The van der Waals surface area contributed by atoms with Gasteiger partial charge >= 0.3 is 0 Å². The van der Waals surface area contributed by atoms with Crippen molar-refractivity contribution in [2.24, 2.45) is 0 Å². The van der Waals surface area contributed by atoms with Gasteiger partial charge in [0.15, 0.2) is 0 Å². The summed E-state index contributed by atoms with van der Waals surface area (Å²) in [5.74, 6) is 0. The lowest BCUT2D eigenvalue weighted by Crippen LogP contribution is -2.27. The van der Waals surface area contributed by atoms with E-state index < -0.39 is 0 Å². The van der Waals surface area contributed by atoms with E-state index in [-0.39, 0.29) is 6.10 Å². The minimum absolute atomic E-state index is 0.268. The molecule has 1 aromatic carbocycles. The molecule has 2 atom stereocenters. The van der Waals surface area contributed by atoms with Crippen molar-refractivity contribution in [2.45, 2.75) is 32.1 Å². The van der Waals surface area contributed by atoms with Gasteiger partial charge in [0.25, 0.3) is 0 Å². The van der Waals surface area contributed by atoms with Gasteiger partial charge in [0.1, 0.15) is 0 Å². The molecule has 0 aromatic heterocycles. The van der Waals surface area contributed by atoms with Gasteiger partial charge < -0.3 is 14.8 Å². The van der Waals surface area contributed by atoms with Gasteiger partial charge in [-0.15, -0.1) is 0 Å². The van der Waals surface area contributed by atoms with Gasteiger partial charge in [-0.3, -0.25) is 0 Å². The molecule has 2 rings (SSSR count). The first-order valence-electron chi connectivity index (χ1n) is 5.87. The van der Waals surface area contributed by atoms with Gasteiger partial charge in [-0.2, -0.15) is 0 Å². The largest absolute Gasteiger partial charge is 0.380 e. The number of rotatable bonds is 4. The summed E-state index contributed by atoms with van der Waals surface area (Å²) < 4.78 is 11.9. The molecule has 0 bridgehead atoms. The zero-order chi connectivity index (χ0) is 12.3. The van der Waals surface area contributed by atoms with Gasteiger partial charge in [0, 0.05) is 29.4 Å². The Morgan fingerprint density at radius 2 is 2.35 bits per heavy atom. The van der Waals surface area contributed by atoms with E-state index in [2.05, 4.69) is 34.2 Å². The van der Waals surface area contributed by atoms with Crippen molar-refractivity contribution in [2.75, 3.05) is 19.0 Å². The Morgan fingerprint density at radius 3 is 3.00 bits per heavy atom. The third kappa shape index (κ3) is 3.00. The van der Waals surface area contributed by atoms with E-state index in [1.54, 1.807) is 7.11 Å². The molecule has 0 aliphatic carbocycles. The van der Waals surface area contributed by atoms with Crippen molar-refractivity contribution in [3.8, 4) is 0 Å². The number of anilines is 1. The molecule has 0 amide bonds. The molecule has 0 radical (unpaired) electrons. The number of hydrogen-bond donors (Lipinski definition) is 1. The highest BCUT2D eigenvalue weighted by Crippen LogP contribution is 2.28. The van der Waals surface area contributed by atoms with Gasteiger partial charge in [0.2, 0.25) is 0 Å². The van der Waals surface area contributed by atoms with Crippen LogP contribution in [0.5, 0.6) is 0 Å². The molecule has 1 heterocycles. The molecular weight excluding hydrogens is 282 g/mol. The monoisotopic (exact) mass is 299 g/mol. The molecule has 3 nitrogen and oxygen atoms in total. The van der Waals surface area contributed by atoms with E-state index in [9.17, 15) is 0 Å². The van der Waals surface area contributed by atoms with Gasteiger partial charge in [-0.1, -0.05) is 22.0 Å². The Bertz CT molecular complexity index is 384. The van der Waals surface area contributed by atoms with Crippen LogP contribution in [0.4, 0.5) is 5.69 Å². The number of ether oxygens (including phenoxy) is 2. The predicted octanol–water partition coefficient (Wildman–Crippen LogP) is 3.18. The molecule has 1 aliphatic heterocycles. The normalized spacial score (nSPS) is 23.9. The maximum atomic E-state index is 5.56. The molecule has 1 fully saturated rings. The highest BCUT2D eigenvalue weighted by Gasteiger charge is 2.24. The number of nitrogens with one attached hydrogen (secondary N) is 1. The van der Waals surface area contributed by atoms with Crippen molar-refractivity contribution in [1.82, 2.24) is 0 Å². The van der Waals surface area contributed by atoms with Crippen molar-refractivity contribution in [3.63, 3.8) is 0 Å². The minimum atomic E-state index is 0.268. The highest BCUT2D eigenvalue weighted by atomic mass is 79.9. The number of methoxy groups -OCH3 is 1. The Labute approximate surface area is 111 Å². The average Bonchev–Trinajstić information content (AvgIpc) is 2.70. The summed E-state index contributed by atoms with van der Waals surface area (Å²) in [6, 6.07) is 6.55. The first-order valence-corrected chi connectivity index (χ1v) is 6.66. The van der Waals surface area contributed by atoms with E-state index in [4.69, 9.17) is 9.47 Å². The highest BCUT2D eigenvalue weighted by molar-refractivity contribution is 9.10. The first kappa shape index (κ1) is 12.9. The van der Waals surface area contributed by atoms with Gasteiger partial charge in [-0.25, -0.2) is 0 Å². The van der Waals surface area contributed by atoms with E-state index in [0.717, 1.165) is 28.8 Å². The molecular formula is C13H18BrNO2. The lowest BCUT2D eigenvalue weighted by molar-refractivity contribution is 0.121. The fraction of sp³-hybridized carbons (Fsp3) is 0.538. The number of hydrogen-bond acceptors (Lipinski definition) is 3. The van der Waals surface area contributed by atoms with Crippen molar-refractivity contribution >= 4 is 21.6 Å². The first-order chi connectivity index (χ1) is 8.22. The fourth-order valence-corrected chi connectivity index (χ4v) is 2.59. The van der Waals surface area contributed by atoms with Crippen molar-refractivity contribution < 1.29 is 9.47 Å². The molecule has 1 aromatic rings. The van der Waals surface area contributed by atoms with Crippen LogP contribution in [-0.4, -0.2) is 25.9 Å². The smallest absolute Gasteiger partial charge is 0.0748 e. The van der Waals surface area contributed by atoms with E-state index in [1.807, 2.05) is 12.1 Å². The fourth-order valence-electron chi connectivity index (χ4n) is 2.11. The molecule has 2 unspecified atom stereocenters. The maximum absolute atomic E-state index is 5.56. The molecule has 1 saturated heterocycles. The van der Waals surface area contributed by atoms with Crippen LogP contribution in [0.25, 0.3) is 0 Å². The second kappa shape index (κ2) is 5.85. The zero-order valence-electron chi connectivity index (χ0n) is 10.2. The average molecular weight is 300 g/mol. The third-order valence-electron chi connectivity index (χ3n) is 3.12. The van der Waals surface area contributed by atoms with Crippen LogP contribution in [0.15, 0.2) is 22.7 Å². The van der Waals surface area contributed by atoms with E-state index in [0.29, 0.717) is 12.6 Å². The minimum Gasteiger partial charge on any atom is -0.380 e. The molecule has 0 saturated carbocycles. The Kier molecular flexibility index (Phi) is 4.42. The second-order valence-electron chi connectivity index (χ2n) is 4.31. The predicted molar refractivity (Wildman–Crippen MR) is 72.3 cm³/mol. The summed E-state index contributed by atoms with van der Waals surface area (Å²) in [4.78, 5) is 0. The standard InChI is InChI=1S/C13H18BrNO2/c1-9-12(6-7-17-9)15-13-5-3-4-11(14)10(13)8-16-2/h3-5,9,12,15H,6-8H2,1-2H3.